The molecule has 136 valence electrons. The molecule has 26 heavy (non-hydrogen) atoms. The summed E-state index contributed by atoms with van der Waals surface area (Å²) in [5.74, 6) is -0.427. The van der Waals surface area contributed by atoms with Crippen LogP contribution in [0.2, 0.25) is 10.0 Å². The van der Waals surface area contributed by atoms with E-state index in [4.69, 9.17) is 34.7 Å². The van der Waals surface area contributed by atoms with Gasteiger partial charge in [-0.25, -0.2) is 4.39 Å². The lowest BCUT2D eigenvalue weighted by Gasteiger charge is -2.09. The first-order chi connectivity index (χ1) is 12.2. The molecule has 0 saturated carbocycles. The quantitative estimate of drug-likeness (QED) is 0.293. The number of hydrogen-bond donors (Lipinski definition) is 2. The summed E-state index contributed by atoms with van der Waals surface area (Å²) in [6, 6.07) is 8.35. The second-order valence-corrected chi connectivity index (χ2v) is 8.42. The second kappa shape index (κ2) is 9.37. The van der Waals surface area contributed by atoms with Crippen LogP contribution in [0, 0.1) is 5.82 Å². The third-order valence-electron chi connectivity index (χ3n) is 3.20. The van der Waals surface area contributed by atoms with Crippen molar-refractivity contribution in [2.75, 3.05) is 11.5 Å². The van der Waals surface area contributed by atoms with E-state index in [0.29, 0.717) is 37.0 Å². The maximum absolute atomic E-state index is 13.5. The zero-order chi connectivity index (χ0) is 19.4. The first-order valence-corrected chi connectivity index (χ1v) is 10.1. The molecule has 0 aliphatic rings. The SMILES string of the molecule is Nc1c(Br)cc(Cl)cc1-c1ccncc1F.Nc1c(Br)cc(Cl)cc1Br. The molecule has 0 fully saturated rings. The third kappa shape index (κ3) is 5.33. The number of nitrogens with zero attached hydrogens (tertiary/aromatic N) is 1. The summed E-state index contributed by atoms with van der Waals surface area (Å²) in [5, 5.41) is 1.15. The highest BCUT2D eigenvalue weighted by atomic mass is 79.9. The Bertz CT molecular complexity index is 932. The molecule has 0 aliphatic carbocycles. The number of rotatable bonds is 1. The van der Waals surface area contributed by atoms with E-state index in [2.05, 4.69) is 52.8 Å². The standard InChI is InChI=1S/C11H7BrClFN2.C6H4Br2ClN/c12-9-4-6(13)3-8(11(9)15)7-1-2-16-5-10(7)14;7-4-1-3(9)2-5(8)6(4)10/h1-5H,15H2;1-2H,10H2. The van der Waals surface area contributed by atoms with Crippen LogP contribution in [0.3, 0.4) is 0 Å². The largest absolute Gasteiger partial charge is 0.397 e. The van der Waals surface area contributed by atoms with Gasteiger partial charge in [-0.3, -0.25) is 4.98 Å². The number of aromatic nitrogens is 1. The fraction of sp³-hybridized carbons (Fsp3) is 0. The van der Waals surface area contributed by atoms with Gasteiger partial charge in [0.1, 0.15) is 5.82 Å². The lowest BCUT2D eigenvalue weighted by atomic mass is 10.0. The summed E-state index contributed by atoms with van der Waals surface area (Å²) in [7, 11) is 0. The summed E-state index contributed by atoms with van der Waals surface area (Å²) in [6.45, 7) is 0. The molecule has 3 aromatic rings. The smallest absolute Gasteiger partial charge is 0.149 e. The molecule has 1 aromatic heterocycles. The van der Waals surface area contributed by atoms with E-state index in [1.807, 2.05) is 0 Å². The summed E-state index contributed by atoms with van der Waals surface area (Å²) in [6.07, 6.45) is 2.65. The molecule has 9 heteroatoms. The molecule has 0 saturated heterocycles. The van der Waals surface area contributed by atoms with Gasteiger partial charge in [-0.15, -0.1) is 0 Å². The van der Waals surface area contributed by atoms with Gasteiger partial charge in [-0.2, -0.15) is 0 Å². The van der Waals surface area contributed by atoms with Gasteiger partial charge >= 0.3 is 0 Å². The molecule has 2 aromatic carbocycles. The predicted octanol–water partition coefficient (Wildman–Crippen LogP) is 7.33. The second-order valence-electron chi connectivity index (χ2n) is 4.99. The van der Waals surface area contributed by atoms with Crippen molar-refractivity contribution in [1.29, 1.82) is 0 Å². The van der Waals surface area contributed by atoms with Crippen LogP contribution in [-0.4, -0.2) is 4.98 Å². The van der Waals surface area contributed by atoms with Gasteiger partial charge < -0.3 is 11.5 Å². The number of nitrogens with two attached hydrogens (primary N) is 2. The van der Waals surface area contributed by atoms with Crippen molar-refractivity contribution in [1.82, 2.24) is 4.98 Å². The van der Waals surface area contributed by atoms with Gasteiger partial charge in [0, 0.05) is 40.8 Å². The van der Waals surface area contributed by atoms with Crippen molar-refractivity contribution in [3.05, 3.63) is 72.0 Å². The van der Waals surface area contributed by atoms with Gasteiger partial charge in [-0.1, -0.05) is 23.2 Å². The van der Waals surface area contributed by atoms with E-state index in [1.54, 1.807) is 30.3 Å². The first kappa shape index (κ1) is 21.4. The Morgan fingerprint density at radius 3 is 1.85 bits per heavy atom. The molecule has 4 N–H and O–H groups in total. The molecule has 1 heterocycles. The summed E-state index contributed by atoms with van der Waals surface area (Å²) in [4.78, 5) is 3.68. The van der Waals surface area contributed by atoms with E-state index in [1.165, 1.54) is 6.20 Å². The zero-order valence-corrected chi connectivity index (χ0v) is 19.2. The van der Waals surface area contributed by atoms with Crippen LogP contribution in [0.25, 0.3) is 11.1 Å². The fourth-order valence-electron chi connectivity index (χ4n) is 1.95. The normalized spacial score (nSPS) is 10.2. The monoisotopic (exact) mass is 583 g/mol. The maximum atomic E-state index is 13.5. The minimum absolute atomic E-state index is 0.385. The van der Waals surface area contributed by atoms with E-state index in [0.717, 1.165) is 15.1 Å². The van der Waals surface area contributed by atoms with Crippen LogP contribution in [0.4, 0.5) is 15.8 Å². The number of halogens is 6. The van der Waals surface area contributed by atoms with Crippen molar-refractivity contribution < 1.29 is 4.39 Å². The number of anilines is 2. The lowest BCUT2D eigenvalue weighted by Crippen LogP contribution is -1.94. The fourth-order valence-corrected chi connectivity index (χ4v) is 4.43. The maximum Gasteiger partial charge on any atom is 0.149 e. The number of pyridine rings is 1. The molecule has 3 nitrogen and oxygen atoms in total. The van der Waals surface area contributed by atoms with E-state index >= 15 is 0 Å². The Kier molecular flexibility index (Phi) is 7.73. The minimum atomic E-state index is -0.427. The Morgan fingerprint density at radius 1 is 0.808 bits per heavy atom. The Hall–Kier alpha value is -0.860. The van der Waals surface area contributed by atoms with Crippen LogP contribution >= 0.6 is 71.0 Å². The van der Waals surface area contributed by atoms with Gasteiger partial charge in [0.15, 0.2) is 0 Å². The molecule has 0 unspecified atom stereocenters. The predicted molar refractivity (Wildman–Crippen MR) is 118 cm³/mol. The summed E-state index contributed by atoms with van der Waals surface area (Å²) >= 11 is 21.4. The van der Waals surface area contributed by atoms with Gasteiger partial charge in [-0.05, 0) is 78.1 Å². The van der Waals surface area contributed by atoms with Gasteiger partial charge in [0.25, 0.3) is 0 Å². The molecular weight excluding hydrogens is 576 g/mol. The topological polar surface area (TPSA) is 64.9 Å². The number of nitrogen functional groups attached to an aromatic ring is 2. The zero-order valence-electron chi connectivity index (χ0n) is 12.9. The minimum Gasteiger partial charge on any atom is -0.397 e. The number of benzene rings is 2. The third-order valence-corrected chi connectivity index (χ3v) is 5.61. The molecule has 3 rings (SSSR count). The highest BCUT2D eigenvalue weighted by molar-refractivity contribution is 9.11. The highest BCUT2D eigenvalue weighted by Gasteiger charge is 2.11. The molecule has 0 bridgehead atoms. The Labute approximate surface area is 185 Å². The van der Waals surface area contributed by atoms with Crippen molar-refractivity contribution in [2.45, 2.75) is 0 Å². The summed E-state index contributed by atoms with van der Waals surface area (Å²) < 4.78 is 15.8. The van der Waals surface area contributed by atoms with Crippen molar-refractivity contribution in [3.63, 3.8) is 0 Å². The average Bonchev–Trinajstić information content (AvgIpc) is 2.57. The molecular formula is C17H11Br3Cl2FN3. The Morgan fingerprint density at radius 2 is 1.31 bits per heavy atom. The van der Waals surface area contributed by atoms with Crippen LogP contribution in [0.1, 0.15) is 0 Å². The number of hydrogen-bond acceptors (Lipinski definition) is 3. The van der Waals surface area contributed by atoms with Crippen molar-refractivity contribution >= 4 is 82.4 Å². The molecule has 0 amide bonds. The average molecular weight is 587 g/mol. The molecule has 0 radical (unpaired) electrons. The van der Waals surface area contributed by atoms with Crippen LogP contribution in [-0.2, 0) is 0 Å². The first-order valence-electron chi connectivity index (χ1n) is 6.95. The van der Waals surface area contributed by atoms with Gasteiger partial charge in [0.2, 0.25) is 0 Å². The Balaban J connectivity index is 0.000000209. The van der Waals surface area contributed by atoms with E-state index in [9.17, 15) is 4.39 Å². The molecule has 0 aliphatic heterocycles. The van der Waals surface area contributed by atoms with Crippen LogP contribution in [0.5, 0.6) is 0 Å². The molecule has 0 spiro atoms. The van der Waals surface area contributed by atoms with Gasteiger partial charge in [0.05, 0.1) is 17.6 Å². The van der Waals surface area contributed by atoms with Crippen molar-refractivity contribution in [2.24, 2.45) is 0 Å². The highest BCUT2D eigenvalue weighted by Crippen LogP contribution is 2.35. The lowest BCUT2D eigenvalue weighted by molar-refractivity contribution is 0.625. The van der Waals surface area contributed by atoms with E-state index < -0.39 is 5.82 Å². The summed E-state index contributed by atoms with van der Waals surface area (Å²) in [5.41, 5.74) is 13.5. The van der Waals surface area contributed by atoms with Crippen LogP contribution in [0.15, 0.2) is 56.1 Å². The molecule has 0 atom stereocenters. The van der Waals surface area contributed by atoms with Crippen LogP contribution < -0.4 is 11.5 Å². The van der Waals surface area contributed by atoms with Crippen molar-refractivity contribution in [3.8, 4) is 11.1 Å². The van der Waals surface area contributed by atoms with E-state index in [-0.39, 0.29) is 0 Å².